The van der Waals surface area contributed by atoms with Gasteiger partial charge in [0.2, 0.25) is 0 Å². The number of pyridine rings is 1. The van der Waals surface area contributed by atoms with Gasteiger partial charge in [0.15, 0.2) is 0 Å². The van der Waals surface area contributed by atoms with Gasteiger partial charge in [-0.05, 0) is 36.5 Å². The summed E-state index contributed by atoms with van der Waals surface area (Å²) in [7, 11) is 0. The van der Waals surface area contributed by atoms with Crippen molar-refractivity contribution in [2.24, 2.45) is 5.92 Å². The summed E-state index contributed by atoms with van der Waals surface area (Å²) < 4.78 is 0. The first-order valence-electron chi connectivity index (χ1n) is 4.82. The number of rotatable bonds is 2. The van der Waals surface area contributed by atoms with Gasteiger partial charge in [-0.3, -0.25) is 9.78 Å². The molecular formula is C11H13NO2. The molecule has 1 heterocycles. The van der Waals surface area contributed by atoms with Gasteiger partial charge in [-0.25, -0.2) is 0 Å². The van der Waals surface area contributed by atoms with E-state index in [9.17, 15) is 9.90 Å². The van der Waals surface area contributed by atoms with Crippen molar-refractivity contribution in [2.45, 2.75) is 25.2 Å². The highest BCUT2D eigenvalue weighted by molar-refractivity contribution is 5.83. The summed E-state index contributed by atoms with van der Waals surface area (Å²) in [6.07, 6.45) is 5.05. The SMILES string of the molecule is CC1CCC1(C(=O)O)c1ccncc1. The van der Waals surface area contributed by atoms with Crippen molar-refractivity contribution in [3.05, 3.63) is 30.1 Å². The zero-order chi connectivity index (χ0) is 10.2. The second-order valence-electron chi connectivity index (χ2n) is 3.95. The third-order valence-electron chi connectivity index (χ3n) is 3.39. The van der Waals surface area contributed by atoms with Gasteiger partial charge in [0, 0.05) is 12.4 Å². The van der Waals surface area contributed by atoms with Crippen molar-refractivity contribution >= 4 is 5.97 Å². The molecule has 0 bridgehead atoms. The Kier molecular flexibility index (Phi) is 2.02. The minimum atomic E-state index is -0.706. The number of aromatic nitrogens is 1. The van der Waals surface area contributed by atoms with Crippen molar-refractivity contribution in [1.29, 1.82) is 0 Å². The quantitative estimate of drug-likeness (QED) is 0.775. The van der Waals surface area contributed by atoms with Crippen molar-refractivity contribution in [2.75, 3.05) is 0 Å². The van der Waals surface area contributed by atoms with E-state index in [2.05, 4.69) is 4.98 Å². The Bertz CT molecular complexity index is 350. The van der Waals surface area contributed by atoms with Gasteiger partial charge in [0.25, 0.3) is 0 Å². The monoisotopic (exact) mass is 191 g/mol. The van der Waals surface area contributed by atoms with E-state index in [0.29, 0.717) is 0 Å². The molecule has 74 valence electrons. The third kappa shape index (κ3) is 1.05. The average Bonchev–Trinajstić information content (AvgIpc) is 2.17. The zero-order valence-electron chi connectivity index (χ0n) is 8.10. The van der Waals surface area contributed by atoms with Gasteiger partial charge in [-0.1, -0.05) is 6.92 Å². The number of carboxylic acids is 1. The number of aliphatic carboxylic acids is 1. The maximum atomic E-state index is 11.3. The predicted octanol–water partition coefficient (Wildman–Crippen LogP) is 1.83. The second-order valence-corrected chi connectivity index (χ2v) is 3.95. The van der Waals surface area contributed by atoms with E-state index in [1.807, 2.05) is 19.1 Å². The van der Waals surface area contributed by atoms with Gasteiger partial charge in [0.1, 0.15) is 0 Å². The van der Waals surface area contributed by atoms with E-state index in [1.165, 1.54) is 0 Å². The number of carboxylic acid groups (broad SMARTS) is 1. The molecule has 2 atom stereocenters. The van der Waals surface area contributed by atoms with Crippen LogP contribution in [0.2, 0.25) is 0 Å². The Morgan fingerprint density at radius 1 is 1.57 bits per heavy atom. The lowest BCUT2D eigenvalue weighted by Gasteiger charge is -2.44. The predicted molar refractivity (Wildman–Crippen MR) is 51.9 cm³/mol. The van der Waals surface area contributed by atoms with E-state index in [4.69, 9.17) is 0 Å². The highest BCUT2D eigenvalue weighted by atomic mass is 16.4. The largest absolute Gasteiger partial charge is 0.481 e. The Hall–Kier alpha value is -1.38. The standard InChI is InChI=1S/C11H13NO2/c1-8-2-5-11(8,10(13)14)9-3-6-12-7-4-9/h3-4,6-8H,2,5H2,1H3,(H,13,14). The summed E-state index contributed by atoms with van der Waals surface area (Å²) in [5, 5.41) is 9.29. The topological polar surface area (TPSA) is 50.2 Å². The summed E-state index contributed by atoms with van der Waals surface area (Å²) in [6, 6.07) is 3.62. The van der Waals surface area contributed by atoms with Crippen LogP contribution >= 0.6 is 0 Å². The summed E-state index contributed by atoms with van der Waals surface area (Å²) in [5.74, 6) is -0.482. The molecule has 1 N–H and O–H groups in total. The minimum absolute atomic E-state index is 0.224. The Morgan fingerprint density at radius 2 is 2.21 bits per heavy atom. The molecule has 0 spiro atoms. The average molecular weight is 191 g/mol. The molecule has 0 radical (unpaired) electrons. The second kappa shape index (κ2) is 3.08. The Labute approximate surface area is 82.8 Å². The van der Waals surface area contributed by atoms with Crippen molar-refractivity contribution in [3.63, 3.8) is 0 Å². The number of nitrogens with zero attached hydrogens (tertiary/aromatic N) is 1. The van der Waals surface area contributed by atoms with Crippen LogP contribution in [0.5, 0.6) is 0 Å². The molecule has 1 fully saturated rings. The number of carbonyl (C=O) groups is 1. The van der Waals surface area contributed by atoms with E-state index in [0.717, 1.165) is 18.4 Å². The molecule has 0 aromatic carbocycles. The van der Waals surface area contributed by atoms with Gasteiger partial charge >= 0.3 is 5.97 Å². The third-order valence-corrected chi connectivity index (χ3v) is 3.39. The molecule has 1 aliphatic carbocycles. The summed E-state index contributed by atoms with van der Waals surface area (Å²) in [5.41, 5.74) is 0.238. The van der Waals surface area contributed by atoms with Crippen LogP contribution in [0.3, 0.4) is 0 Å². The maximum Gasteiger partial charge on any atom is 0.314 e. The highest BCUT2D eigenvalue weighted by Crippen LogP contribution is 2.48. The molecule has 0 amide bonds. The molecule has 2 unspecified atom stereocenters. The van der Waals surface area contributed by atoms with E-state index in [-0.39, 0.29) is 5.92 Å². The van der Waals surface area contributed by atoms with Crippen LogP contribution in [-0.4, -0.2) is 16.1 Å². The molecule has 1 aromatic heterocycles. The Balaban J connectivity index is 2.43. The summed E-state index contributed by atoms with van der Waals surface area (Å²) in [4.78, 5) is 15.2. The lowest BCUT2D eigenvalue weighted by Crippen LogP contribution is -2.49. The number of hydrogen-bond donors (Lipinski definition) is 1. The molecule has 0 saturated heterocycles. The van der Waals surface area contributed by atoms with Crippen LogP contribution in [0, 0.1) is 5.92 Å². The lowest BCUT2D eigenvalue weighted by molar-refractivity contribution is -0.151. The van der Waals surface area contributed by atoms with Crippen LogP contribution < -0.4 is 0 Å². The van der Waals surface area contributed by atoms with Gasteiger partial charge in [-0.2, -0.15) is 0 Å². The maximum absolute atomic E-state index is 11.3. The molecule has 1 aliphatic rings. The van der Waals surface area contributed by atoms with Crippen LogP contribution in [0.25, 0.3) is 0 Å². The highest BCUT2D eigenvalue weighted by Gasteiger charge is 2.51. The number of hydrogen-bond acceptors (Lipinski definition) is 2. The molecule has 3 heteroatoms. The van der Waals surface area contributed by atoms with Gasteiger partial charge in [0.05, 0.1) is 5.41 Å². The van der Waals surface area contributed by atoms with Crippen LogP contribution in [0.4, 0.5) is 0 Å². The van der Waals surface area contributed by atoms with Gasteiger partial charge < -0.3 is 5.11 Å². The van der Waals surface area contributed by atoms with E-state index >= 15 is 0 Å². The van der Waals surface area contributed by atoms with Crippen LogP contribution in [0.1, 0.15) is 25.3 Å². The first-order valence-corrected chi connectivity index (χ1v) is 4.82. The molecule has 1 saturated carbocycles. The van der Waals surface area contributed by atoms with Crippen molar-refractivity contribution in [3.8, 4) is 0 Å². The summed E-state index contributed by atoms with van der Waals surface area (Å²) in [6.45, 7) is 2.00. The normalized spacial score (nSPS) is 30.8. The van der Waals surface area contributed by atoms with E-state index in [1.54, 1.807) is 12.4 Å². The fourth-order valence-corrected chi connectivity index (χ4v) is 2.24. The molecule has 0 aliphatic heterocycles. The van der Waals surface area contributed by atoms with Crippen LogP contribution in [0.15, 0.2) is 24.5 Å². The Morgan fingerprint density at radius 3 is 2.57 bits per heavy atom. The fourth-order valence-electron chi connectivity index (χ4n) is 2.24. The van der Waals surface area contributed by atoms with Gasteiger partial charge in [-0.15, -0.1) is 0 Å². The molecular weight excluding hydrogens is 178 g/mol. The van der Waals surface area contributed by atoms with Crippen molar-refractivity contribution < 1.29 is 9.90 Å². The van der Waals surface area contributed by atoms with Crippen LogP contribution in [-0.2, 0) is 10.2 Å². The van der Waals surface area contributed by atoms with E-state index < -0.39 is 11.4 Å². The molecule has 3 nitrogen and oxygen atoms in total. The molecule has 14 heavy (non-hydrogen) atoms. The minimum Gasteiger partial charge on any atom is -0.481 e. The summed E-state index contributed by atoms with van der Waals surface area (Å²) >= 11 is 0. The fraction of sp³-hybridized carbons (Fsp3) is 0.455. The lowest BCUT2D eigenvalue weighted by atomic mass is 9.57. The first-order chi connectivity index (χ1) is 6.68. The van der Waals surface area contributed by atoms with Crippen molar-refractivity contribution in [1.82, 2.24) is 4.98 Å². The zero-order valence-corrected chi connectivity index (χ0v) is 8.10. The smallest absolute Gasteiger partial charge is 0.314 e. The first kappa shape index (κ1) is 9.19. The molecule has 2 rings (SSSR count). The molecule has 1 aromatic rings.